The Balaban J connectivity index is 1.86. The average Bonchev–Trinajstić information content (AvgIpc) is 2.44. The number of hydrogen-bond acceptors (Lipinski definition) is 2. The van der Waals surface area contributed by atoms with E-state index in [2.05, 4.69) is 5.32 Å². The average molecular weight is 295 g/mol. The Hall–Kier alpha value is -1.22. The number of hydrogen-bond donors (Lipinski definition) is 2. The summed E-state index contributed by atoms with van der Waals surface area (Å²) in [5.41, 5.74) is 7.98. The van der Waals surface area contributed by atoms with E-state index < -0.39 is 0 Å². The molecule has 1 aliphatic carbocycles. The highest BCUT2D eigenvalue weighted by Crippen LogP contribution is 2.29. The van der Waals surface area contributed by atoms with Crippen molar-refractivity contribution in [2.75, 3.05) is 11.1 Å². The molecule has 2 rings (SSSR count). The number of halogens is 1. The number of carbonyl (C=O) groups excluding carboxylic acids is 1. The third kappa shape index (κ3) is 4.14. The molecule has 0 spiro atoms. The summed E-state index contributed by atoms with van der Waals surface area (Å²) in [6.45, 7) is 1.92. The summed E-state index contributed by atoms with van der Waals surface area (Å²) in [6, 6.07) is 3.52. The van der Waals surface area contributed by atoms with E-state index in [-0.39, 0.29) is 5.91 Å². The maximum absolute atomic E-state index is 12.0. The van der Waals surface area contributed by atoms with E-state index >= 15 is 0 Å². The molecule has 1 aliphatic rings. The number of anilines is 2. The van der Waals surface area contributed by atoms with Crippen molar-refractivity contribution in [3.8, 4) is 0 Å². The van der Waals surface area contributed by atoms with E-state index in [1.54, 1.807) is 12.1 Å². The van der Waals surface area contributed by atoms with Crippen LogP contribution in [-0.2, 0) is 4.79 Å². The number of rotatable bonds is 4. The Kier molecular flexibility index (Phi) is 5.30. The summed E-state index contributed by atoms with van der Waals surface area (Å²) in [6.07, 6.45) is 8.13. The molecule has 0 aliphatic heterocycles. The largest absolute Gasteiger partial charge is 0.398 e. The van der Waals surface area contributed by atoms with E-state index in [0.29, 0.717) is 17.1 Å². The van der Waals surface area contributed by atoms with Crippen LogP contribution in [0.4, 0.5) is 11.4 Å². The Morgan fingerprint density at radius 2 is 2.05 bits per heavy atom. The van der Waals surface area contributed by atoms with Crippen LogP contribution in [-0.4, -0.2) is 5.91 Å². The Labute approximate surface area is 125 Å². The van der Waals surface area contributed by atoms with Crippen LogP contribution in [0.15, 0.2) is 12.1 Å². The lowest BCUT2D eigenvalue weighted by Crippen LogP contribution is -2.15. The van der Waals surface area contributed by atoms with Gasteiger partial charge in [0.05, 0.1) is 10.7 Å². The van der Waals surface area contributed by atoms with Crippen molar-refractivity contribution in [3.05, 3.63) is 22.7 Å². The molecule has 1 aromatic carbocycles. The molecule has 3 nitrogen and oxygen atoms in total. The molecule has 0 saturated heterocycles. The zero-order valence-electron chi connectivity index (χ0n) is 12.0. The maximum atomic E-state index is 12.0. The van der Waals surface area contributed by atoms with Crippen molar-refractivity contribution in [2.24, 2.45) is 5.92 Å². The zero-order valence-corrected chi connectivity index (χ0v) is 12.8. The molecular weight excluding hydrogens is 272 g/mol. The lowest BCUT2D eigenvalue weighted by atomic mass is 9.86. The number of nitrogens with one attached hydrogen (secondary N) is 1. The van der Waals surface area contributed by atoms with Crippen LogP contribution in [0.25, 0.3) is 0 Å². The molecule has 0 heterocycles. The molecule has 20 heavy (non-hydrogen) atoms. The molecule has 0 unspecified atom stereocenters. The second kappa shape index (κ2) is 6.98. The quantitative estimate of drug-likeness (QED) is 0.802. The number of carbonyl (C=O) groups is 1. The van der Waals surface area contributed by atoms with E-state index in [1.807, 2.05) is 6.92 Å². The number of aryl methyl sites for hydroxylation is 1. The number of amides is 1. The molecule has 3 N–H and O–H groups in total. The van der Waals surface area contributed by atoms with Crippen molar-refractivity contribution >= 4 is 28.9 Å². The monoisotopic (exact) mass is 294 g/mol. The Morgan fingerprint density at radius 1 is 1.35 bits per heavy atom. The first-order chi connectivity index (χ1) is 9.56. The van der Waals surface area contributed by atoms with Crippen LogP contribution in [0.3, 0.4) is 0 Å². The molecule has 4 heteroatoms. The summed E-state index contributed by atoms with van der Waals surface area (Å²) in [5, 5.41) is 3.42. The van der Waals surface area contributed by atoms with Crippen LogP contribution in [0.5, 0.6) is 0 Å². The highest BCUT2D eigenvalue weighted by molar-refractivity contribution is 6.33. The predicted octanol–water partition coefficient (Wildman–Crippen LogP) is 4.53. The van der Waals surface area contributed by atoms with Crippen molar-refractivity contribution in [1.29, 1.82) is 0 Å². The highest BCUT2D eigenvalue weighted by atomic mass is 35.5. The highest BCUT2D eigenvalue weighted by Gasteiger charge is 2.15. The second-order valence-corrected chi connectivity index (χ2v) is 6.19. The fourth-order valence-electron chi connectivity index (χ4n) is 2.86. The molecule has 1 amide bonds. The standard InChI is InChI=1S/C16H23ClN2O/c1-11-9-14(18)13(17)10-15(11)19-16(20)8-7-12-5-3-2-4-6-12/h9-10,12H,2-8,18H2,1H3,(H,19,20). The topological polar surface area (TPSA) is 55.1 Å². The third-order valence-corrected chi connectivity index (χ3v) is 4.45. The van der Waals surface area contributed by atoms with Gasteiger partial charge in [-0.15, -0.1) is 0 Å². The predicted molar refractivity (Wildman–Crippen MR) is 85.0 cm³/mol. The van der Waals surface area contributed by atoms with E-state index in [4.69, 9.17) is 17.3 Å². The molecule has 0 atom stereocenters. The number of benzene rings is 1. The third-order valence-electron chi connectivity index (χ3n) is 4.12. The fourth-order valence-corrected chi connectivity index (χ4v) is 3.03. The number of nitrogens with two attached hydrogens (primary N) is 1. The van der Waals surface area contributed by atoms with Crippen LogP contribution < -0.4 is 11.1 Å². The molecule has 1 fully saturated rings. The minimum atomic E-state index is 0.0690. The van der Waals surface area contributed by atoms with Crippen LogP contribution in [0.2, 0.25) is 5.02 Å². The minimum absolute atomic E-state index is 0.0690. The van der Waals surface area contributed by atoms with E-state index in [9.17, 15) is 4.79 Å². The van der Waals surface area contributed by atoms with Gasteiger partial charge in [0.2, 0.25) is 5.91 Å². The van der Waals surface area contributed by atoms with Gasteiger partial charge in [0.1, 0.15) is 0 Å². The van der Waals surface area contributed by atoms with Gasteiger partial charge in [0.15, 0.2) is 0 Å². The smallest absolute Gasteiger partial charge is 0.224 e. The Morgan fingerprint density at radius 3 is 2.75 bits per heavy atom. The van der Waals surface area contributed by atoms with Gasteiger partial charge in [-0.1, -0.05) is 43.7 Å². The van der Waals surface area contributed by atoms with Gasteiger partial charge in [-0.25, -0.2) is 0 Å². The minimum Gasteiger partial charge on any atom is -0.398 e. The van der Waals surface area contributed by atoms with Gasteiger partial charge >= 0.3 is 0 Å². The first-order valence-corrected chi connectivity index (χ1v) is 7.79. The van der Waals surface area contributed by atoms with Crippen molar-refractivity contribution in [1.82, 2.24) is 0 Å². The van der Waals surface area contributed by atoms with Crippen LogP contribution >= 0.6 is 11.6 Å². The van der Waals surface area contributed by atoms with Gasteiger partial charge in [0, 0.05) is 12.1 Å². The summed E-state index contributed by atoms with van der Waals surface area (Å²) >= 11 is 5.99. The lowest BCUT2D eigenvalue weighted by Gasteiger charge is -2.21. The molecule has 0 radical (unpaired) electrons. The molecule has 1 saturated carbocycles. The first kappa shape index (κ1) is 15.2. The molecule has 0 bridgehead atoms. The number of nitrogen functional groups attached to an aromatic ring is 1. The Bertz CT molecular complexity index is 482. The summed E-state index contributed by atoms with van der Waals surface area (Å²) in [7, 11) is 0. The van der Waals surface area contributed by atoms with Gasteiger partial charge < -0.3 is 11.1 Å². The fraction of sp³-hybridized carbons (Fsp3) is 0.562. The van der Waals surface area contributed by atoms with E-state index in [1.165, 1.54) is 32.1 Å². The zero-order chi connectivity index (χ0) is 14.5. The normalized spacial score (nSPS) is 16.1. The lowest BCUT2D eigenvalue weighted by molar-refractivity contribution is -0.116. The molecular formula is C16H23ClN2O. The van der Waals surface area contributed by atoms with Gasteiger partial charge in [-0.2, -0.15) is 0 Å². The molecule has 1 aromatic rings. The van der Waals surface area contributed by atoms with Crippen LogP contribution in [0, 0.1) is 12.8 Å². The van der Waals surface area contributed by atoms with Gasteiger partial charge in [-0.05, 0) is 37.0 Å². The maximum Gasteiger partial charge on any atom is 0.224 e. The molecule has 110 valence electrons. The summed E-state index contributed by atoms with van der Waals surface area (Å²) < 4.78 is 0. The van der Waals surface area contributed by atoms with Gasteiger partial charge in [0.25, 0.3) is 0 Å². The van der Waals surface area contributed by atoms with Crippen molar-refractivity contribution in [2.45, 2.75) is 51.9 Å². The van der Waals surface area contributed by atoms with Crippen LogP contribution in [0.1, 0.15) is 50.5 Å². The molecule has 0 aromatic heterocycles. The van der Waals surface area contributed by atoms with E-state index in [0.717, 1.165) is 23.6 Å². The summed E-state index contributed by atoms with van der Waals surface area (Å²) in [5.74, 6) is 0.796. The first-order valence-electron chi connectivity index (χ1n) is 7.41. The summed E-state index contributed by atoms with van der Waals surface area (Å²) in [4.78, 5) is 12.0. The van der Waals surface area contributed by atoms with Crippen molar-refractivity contribution in [3.63, 3.8) is 0 Å². The van der Waals surface area contributed by atoms with Crippen molar-refractivity contribution < 1.29 is 4.79 Å². The SMILES string of the molecule is Cc1cc(N)c(Cl)cc1NC(=O)CCC1CCCCC1. The van der Waals surface area contributed by atoms with Gasteiger partial charge in [-0.3, -0.25) is 4.79 Å². The second-order valence-electron chi connectivity index (χ2n) is 5.78.